The molecule has 5 aromatic carbocycles. The van der Waals surface area contributed by atoms with E-state index in [1.54, 1.807) is 14.2 Å². The van der Waals surface area contributed by atoms with Crippen LogP contribution < -0.4 is 14.4 Å². The van der Waals surface area contributed by atoms with Crippen molar-refractivity contribution in [2.75, 3.05) is 19.1 Å². The number of halogens is 1. The first-order valence-electron chi connectivity index (χ1n) is 16.3. The first-order valence-corrected chi connectivity index (χ1v) is 16.7. The summed E-state index contributed by atoms with van der Waals surface area (Å²) in [4.78, 5) is 59.6. The zero-order chi connectivity index (χ0) is 35.7. The molecule has 9 heteroatoms. The Kier molecular flexibility index (Phi) is 7.47. The predicted octanol–water partition coefficient (Wildman–Crippen LogP) is 7.24. The molecule has 3 aliphatic rings. The lowest BCUT2D eigenvalue weighted by Gasteiger charge is -2.39. The van der Waals surface area contributed by atoms with Crippen molar-refractivity contribution in [3.05, 3.63) is 160 Å². The second-order valence-corrected chi connectivity index (χ2v) is 13.2. The van der Waals surface area contributed by atoms with Gasteiger partial charge in [-0.25, -0.2) is 9.69 Å². The zero-order valence-corrected chi connectivity index (χ0v) is 28.3. The summed E-state index contributed by atoms with van der Waals surface area (Å²) in [6, 6.07) is 37.1. The van der Waals surface area contributed by atoms with E-state index in [1.807, 2.05) is 109 Å². The first-order chi connectivity index (χ1) is 24.7. The number of carboxylic acids is 1. The monoisotopic (exact) mass is 695 g/mol. The maximum Gasteiger partial charge on any atom is 0.337 e. The number of hydrogen-bond donors (Lipinski definition) is 1. The van der Waals surface area contributed by atoms with Crippen molar-refractivity contribution in [3.8, 4) is 11.5 Å². The van der Waals surface area contributed by atoms with Crippen LogP contribution in [0.1, 0.15) is 32.6 Å². The Morgan fingerprint density at radius 1 is 0.647 bits per heavy atom. The fourth-order valence-corrected chi connectivity index (χ4v) is 8.91. The molecule has 0 radical (unpaired) electrons. The third kappa shape index (κ3) is 4.26. The largest absolute Gasteiger partial charge is 0.497 e. The van der Waals surface area contributed by atoms with Crippen LogP contribution in [0.2, 0.25) is 5.02 Å². The third-order valence-electron chi connectivity index (χ3n) is 10.6. The first kappa shape index (κ1) is 32.2. The van der Waals surface area contributed by atoms with Gasteiger partial charge in [0.05, 0.1) is 53.2 Å². The lowest BCUT2D eigenvalue weighted by atomic mass is 9.59. The number of amides is 2. The highest BCUT2D eigenvalue weighted by Crippen LogP contribution is 2.74. The van der Waals surface area contributed by atoms with Crippen LogP contribution in [0, 0.1) is 11.8 Å². The van der Waals surface area contributed by atoms with E-state index in [-0.39, 0.29) is 22.1 Å². The van der Waals surface area contributed by atoms with Crippen molar-refractivity contribution in [1.29, 1.82) is 0 Å². The number of Topliss-reactive ketones (excluding diaryl/α,β-unsaturated/α-hetero) is 1. The van der Waals surface area contributed by atoms with Gasteiger partial charge in [0.25, 0.3) is 0 Å². The summed E-state index contributed by atoms with van der Waals surface area (Å²) in [5.41, 5.74) is 0.300. The Morgan fingerprint density at radius 2 is 1.08 bits per heavy atom. The Morgan fingerprint density at radius 3 is 1.47 bits per heavy atom. The molecule has 0 aromatic heterocycles. The van der Waals surface area contributed by atoms with E-state index in [0.717, 1.165) is 4.90 Å². The predicted molar refractivity (Wildman–Crippen MR) is 192 cm³/mol. The van der Waals surface area contributed by atoms with Crippen molar-refractivity contribution < 1.29 is 33.8 Å². The number of hydrogen-bond acceptors (Lipinski definition) is 6. The molecule has 1 N–H and O–H groups in total. The molecule has 2 aliphatic carbocycles. The van der Waals surface area contributed by atoms with Gasteiger partial charge >= 0.3 is 5.97 Å². The molecule has 4 atom stereocenters. The molecule has 2 amide bonds. The topological polar surface area (TPSA) is 110 Å². The number of ether oxygens (including phenoxy) is 2. The van der Waals surface area contributed by atoms with Crippen LogP contribution in [-0.4, -0.2) is 42.9 Å². The van der Waals surface area contributed by atoms with Crippen LogP contribution >= 0.6 is 11.6 Å². The number of carbonyl (C=O) groups is 4. The minimum absolute atomic E-state index is 0.0347. The molecule has 2 bridgehead atoms. The van der Waals surface area contributed by atoms with Crippen LogP contribution in [0.4, 0.5) is 5.69 Å². The van der Waals surface area contributed by atoms with E-state index in [2.05, 4.69) is 0 Å². The molecule has 8 rings (SSSR count). The Bertz CT molecular complexity index is 2160. The van der Waals surface area contributed by atoms with Crippen molar-refractivity contribution in [1.82, 2.24) is 0 Å². The highest BCUT2D eigenvalue weighted by atomic mass is 35.5. The SMILES string of the molecule is COc1ccc(C2=C(c3ccc(OC)cc3)[C@@]3(c4ccccc4)C(=O)[C@]2(c2ccccc2)[C@@H]2C(=O)N(c4ccc(Cl)c(C(=O)O)c4)C(=O)[C@@H]23)cc1. The Balaban J connectivity index is 1.52. The van der Waals surface area contributed by atoms with Crippen LogP contribution in [0.5, 0.6) is 11.5 Å². The average Bonchev–Trinajstić information content (AvgIpc) is 3.68. The maximum atomic E-state index is 16.1. The van der Waals surface area contributed by atoms with Crippen molar-refractivity contribution >= 4 is 52.0 Å². The van der Waals surface area contributed by atoms with Gasteiger partial charge in [0.1, 0.15) is 11.5 Å². The molecule has 8 nitrogen and oxygen atoms in total. The van der Waals surface area contributed by atoms with Gasteiger partial charge in [0.15, 0.2) is 5.78 Å². The lowest BCUT2D eigenvalue weighted by molar-refractivity contribution is -0.130. The highest BCUT2D eigenvalue weighted by molar-refractivity contribution is 6.39. The van der Waals surface area contributed by atoms with E-state index in [0.29, 0.717) is 44.9 Å². The number of nitrogens with zero attached hydrogens (tertiary/aromatic N) is 1. The maximum absolute atomic E-state index is 16.1. The number of fused-ring (bicyclic) bond motifs is 5. The summed E-state index contributed by atoms with van der Waals surface area (Å²) in [6.45, 7) is 0. The van der Waals surface area contributed by atoms with Gasteiger partial charge in [0, 0.05) is 0 Å². The van der Waals surface area contributed by atoms with Crippen molar-refractivity contribution in [2.24, 2.45) is 11.8 Å². The summed E-state index contributed by atoms with van der Waals surface area (Å²) in [7, 11) is 3.14. The number of carbonyl (C=O) groups excluding carboxylic acids is 3. The molecule has 51 heavy (non-hydrogen) atoms. The number of aromatic carboxylic acids is 1. The fraction of sp³-hybridized carbons (Fsp3) is 0.143. The van der Waals surface area contributed by atoms with Crippen LogP contribution in [0.25, 0.3) is 11.1 Å². The zero-order valence-electron chi connectivity index (χ0n) is 27.5. The second kappa shape index (κ2) is 11.8. The second-order valence-electron chi connectivity index (χ2n) is 12.8. The summed E-state index contributed by atoms with van der Waals surface area (Å²) in [5.74, 6) is -3.91. The van der Waals surface area contributed by atoms with E-state index in [1.165, 1.54) is 18.2 Å². The lowest BCUT2D eigenvalue weighted by Crippen LogP contribution is -2.45. The summed E-state index contributed by atoms with van der Waals surface area (Å²) < 4.78 is 11.0. The molecule has 252 valence electrons. The summed E-state index contributed by atoms with van der Waals surface area (Å²) in [6.07, 6.45) is 0. The van der Waals surface area contributed by atoms with E-state index >= 15 is 14.4 Å². The molecule has 1 heterocycles. The van der Waals surface area contributed by atoms with Gasteiger partial charge in [-0.05, 0) is 75.9 Å². The standard InChI is InChI=1S/C42H30ClNO7/c1-50-29-18-13-24(14-19-29)33-34(25-15-20-30(51-2)21-16-25)42(27-11-7-4-8-12-27)36-35(41(33,40(42)49)26-9-5-3-6-10-26)37(45)44(38(36)46)28-17-22-32(43)31(23-28)39(47)48/h3-23,35-36H,1-2H3,(H,47,48)/t35-,36+,41-,42+. The Labute approximate surface area is 298 Å². The van der Waals surface area contributed by atoms with Crippen LogP contribution in [0.15, 0.2) is 127 Å². The molecule has 0 spiro atoms. The molecular formula is C42H30ClNO7. The quantitative estimate of drug-likeness (QED) is 0.170. The Hall–Kier alpha value is -5.99. The number of methoxy groups -OCH3 is 2. The highest BCUT2D eigenvalue weighted by Gasteiger charge is 2.82. The van der Waals surface area contributed by atoms with E-state index in [4.69, 9.17) is 21.1 Å². The van der Waals surface area contributed by atoms with Crippen LogP contribution in [0.3, 0.4) is 0 Å². The van der Waals surface area contributed by atoms with Gasteiger partial charge in [-0.15, -0.1) is 0 Å². The molecule has 0 unspecified atom stereocenters. The normalized spacial score (nSPS) is 23.5. The molecule has 1 saturated carbocycles. The van der Waals surface area contributed by atoms with Crippen molar-refractivity contribution in [3.63, 3.8) is 0 Å². The van der Waals surface area contributed by atoms with Gasteiger partial charge in [-0.3, -0.25) is 14.4 Å². The molecular weight excluding hydrogens is 666 g/mol. The van der Waals surface area contributed by atoms with Crippen molar-refractivity contribution in [2.45, 2.75) is 10.8 Å². The van der Waals surface area contributed by atoms with E-state index < -0.39 is 40.4 Å². The molecule has 2 fully saturated rings. The molecule has 1 aliphatic heterocycles. The van der Waals surface area contributed by atoms with Crippen LogP contribution in [-0.2, 0) is 25.2 Å². The minimum atomic E-state index is -1.63. The number of imide groups is 1. The van der Waals surface area contributed by atoms with Gasteiger partial charge in [-0.2, -0.15) is 0 Å². The molecule has 5 aromatic rings. The summed E-state index contributed by atoms with van der Waals surface area (Å²) >= 11 is 6.22. The number of benzene rings is 5. The third-order valence-corrected chi connectivity index (χ3v) is 11.0. The van der Waals surface area contributed by atoms with Gasteiger partial charge in [-0.1, -0.05) is 96.5 Å². The van der Waals surface area contributed by atoms with Gasteiger partial charge in [0.2, 0.25) is 11.8 Å². The minimum Gasteiger partial charge on any atom is -0.497 e. The number of ketones is 1. The number of allylic oxidation sites excluding steroid dienone is 2. The number of carboxylic acid groups (broad SMARTS) is 1. The number of rotatable bonds is 8. The molecule has 1 saturated heterocycles. The fourth-order valence-electron chi connectivity index (χ4n) is 8.71. The van der Waals surface area contributed by atoms with E-state index in [9.17, 15) is 9.90 Å². The smallest absolute Gasteiger partial charge is 0.337 e. The summed E-state index contributed by atoms with van der Waals surface area (Å²) in [5, 5.41) is 9.85. The average molecular weight is 696 g/mol. The van der Waals surface area contributed by atoms with Gasteiger partial charge < -0.3 is 14.6 Å². The number of anilines is 1.